The van der Waals surface area contributed by atoms with Gasteiger partial charge in [-0.25, -0.2) is 9.97 Å². The summed E-state index contributed by atoms with van der Waals surface area (Å²) in [5.74, 6) is 1.23. The molecule has 1 atom stereocenters. The van der Waals surface area contributed by atoms with Crippen LogP contribution in [0.25, 0.3) is 0 Å². The van der Waals surface area contributed by atoms with Crippen LogP contribution >= 0.6 is 11.3 Å². The molecule has 0 aliphatic carbocycles. The van der Waals surface area contributed by atoms with Crippen molar-refractivity contribution in [3.63, 3.8) is 0 Å². The Balaban J connectivity index is 1.36. The normalized spacial score (nSPS) is 19.2. The van der Waals surface area contributed by atoms with Crippen LogP contribution in [0.5, 0.6) is 0 Å². The summed E-state index contributed by atoms with van der Waals surface area (Å²) in [6, 6.07) is 4.27. The van der Waals surface area contributed by atoms with Gasteiger partial charge in [-0.2, -0.15) is 0 Å². The van der Waals surface area contributed by atoms with Crippen molar-refractivity contribution in [2.24, 2.45) is 5.92 Å². The van der Waals surface area contributed by atoms with Crippen molar-refractivity contribution >= 4 is 28.7 Å². The van der Waals surface area contributed by atoms with Gasteiger partial charge in [0, 0.05) is 37.0 Å². The predicted octanol–water partition coefficient (Wildman–Crippen LogP) is 2.86. The number of nitrogens with one attached hydrogen (secondary N) is 1. The summed E-state index contributed by atoms with van der Waals surface area (Å²) in [5.41, 5.74) is 1.07. The topological polar surface area (TPSA) is 70.6 Å². The average molecular weight is 416 g/mol. The molecule has 0 spiro atoms. The molecule has 1 amide bonds. The highest BCUT2D eigenvalue weighted by Gasteiger charge is 2.29. The van der Waals surface area contributed by atoms with Gasteiger partial charge in [0.2, 0.25) is 5.91 Å². The molecule has 0 unspecified atom stereocenters. The summed E-state index contributed by atoms with van der Waals surface area (Å²) in [6.45, 7) is 6.98. The lowest BCUT2D eigenvalue weighted by atomic mass is 9.95. The SMILES string of the molecule is CC[C@H](NC(=O)C1CCN(c2cncnc2N2CCOCC2)CC1)c1cccs1. The largest absolute Gasteiger partial charge is 0.378 e. The fraction of sp³-hybridized carbons (Fsp3) is 0.571. The molecule has 29 heavy (non-hydrogen) atoms. The quantitative estimate of drug-likeness (QED) is 0.782. The summed E-state index contributed by atoms with van der Waals surface area (Å²) in [7, 11) is 0. The lowest BCUT2D eigenvalue weighted by Crippen LogP contribution is -2.43. The number of hydrogen-bond donors (Lipinski definition) is 1. The van der Waals surface area contributed by atoms with E-state index in [4.69, 9.17) is 4.74 Å². The van der Waals surface area contributed by atoms with Crippen molar-refractivity contribution in [2.75, 3.05) is 49.2 Å². The molecule has 156 valence electrons. The molecule has 2 aliphatic heterocycles. The third-order valence-electron chi connectivity index (χ3n) is 5.80. The lowest BCUT2D eigenvalue weighted by Gasteiger charge is -2.36. The van der Waals surface area contributed by atoms with Crippen LogP contribution in [0.3, 0.4) is 0 Å². The second-order valence-corrected chi connectivity index (χ2v) is 8.56. The standard InChI is InChI=1S/C21H29N5O2S/c1-2-17(19-4-3-13-29-19)24-21(27)16-5-7-25(8-6-16)18-14-22-15-23-20(18)26-9-11-28-12-10-26/h3-4,13-17H,2,5-12H2,1H3,(H,24,27)/t17-/m0/s1. The van der Waals surface area contributed by atoms with Gasteiger partial charge in [-0.3, -0.25) is 4.79 Å². The Labute approximate surface area is 176 Å². The number of carbonyl (C=O) groups excluding carboxylic acids is 1. The van der Waals surface area contributed by atoms with Crippen molar-refractivity contribution in [3.05, 3.63) is 34.9 Å². The first-order valence-corrected chi connectivity index (χ1v) is 11.4. The predicted molar refractivity (Wildman–Crippen MR) is 115 cm³/mol. The first-order chi connectivity index (χ1) is 14.3. The Kier molecular flexibility index (Phi) is 6.61. The number of piperidine rings is 1. The molecule has 2 fully saturated rings. The van der Waals surface area contributed by atoms with Crippen LogP contribution in [-0.2, 0) is 9.53 Å². The molecule has 0 saturated carbocycles. The number of amides is 1. The maximum absolute atomic E-state index is 12.8. The molecule has 2 saturated heterocycles. The summed E-state index contributed by atoms with van der Waals surface area (Å²) < 4.78 is 5.47. The monoisotopic (exact) mass is 415 g/mol. The maximum atomic E-state index is 12.8. The molecule has 4 heterocycles. The number of carbonyl (C=O) groups is 1. The number of ether oxygens (including phenoxy) is 1. The van der Waals surface area contributed by atoms with Gasteiger partial charge in [0.15, 0.2) is 5.82 Å². The zero-order valence-electron chi connectivity index (χ0n) is 16.9. The molecule has 4 rings (SSSR count). The number of morpholine rings is 1. The van der Waals surface area contributed by atoms with Gasteiger partial charge in [-0.1, -0.05) is 13.0 Å². The third kappa shape index (κ3) is 4.70. The molecule has 0 radical (unpaired) electrons. The Morgan fingerprint density at radius 2 is 2.07 bits per heavy atom. The third-order valence-corrected chi connectivity index (χ3v) is 6.79. The molecule has 0 bridgehead atoms. The summed E-state index contributed by atoms with van der Waals surface area (Å²) >= 11 is 1.71. The first kappa shape index (κ1) is 20.1. The van der Waals surface area contributed by atoms with Crippen LogP contribution in [0.15, 0.2) is 30.0 Å². The summed E-state index contributed by atoms with van der Waals surface area (Å²) in [6.07, 6.45) is 6.13. The Morgan fingerprint density at radius 3 is 2.76 bits per heavy atom. The lowest BCUT2D eigenvalue weighted by molar-refractivity contribution is -0.126. The Morgan fingerprint density at radius 1 is 1.28 bits per heavy atom. The van der Waals surface area contributed by atoms with Gasteiger partial charge in [0.1, 0.15) is 6.33 Å². The fourth-order valence-electron chi connectivity index (χ4n) is 4.09. The van der Waals surface area contributed by atoms with Crippen molar-refractivity contribution in [2.45, 2.75) is 32.2 Å². The fourth-order valence-corrected chi connectivity index (χ4v) is 4.96. The molecule has 1 N–H and O–H groups in total. The number of thiophene rings is 1. The van der Waals surface area contributed by atoms with Gasteiger partial charge in [0.05, 0.1) is 31.1 Å². The van der Waals surface area contributed by atoms with E-state index in [2.05, 4.69) is 43.5 Å². The van der Waals surface area contributed by atoms with E-state index in [1.165, 1.54) is 4.88 Å². The number of anilines is 2. The molecule has 2 aromatic rings. The van der Waals surface area contributed by atoms with Crippen LogP contribution in [-0.4, -0.2) is 55.3 Å². The smallest absolute Gasteiger partial charge is 0.223 e. The minimum atomic E-state index is 0.0664. The number of rotatable bonds is 6. The average Bonchev–Trinajstić information content (AvgIpc) is 3.33. The van der Waals surface area contributed by atoms with Crippen LogP contribution in [0.1, 0.15) is 37.1 Å². The highest BCUT2D eigenvalue weighted by atomic mass is 32.1. The van der Waals surface area contributed by atoms with Gasteiger partial charge in [0.25, 0.3) is 0 Å². The Hall–Kier alpha value is -2.19. The number of nitrogens with zero attached hydrogens (tertiary/aromatic N) is 4. The van der Waals surface area contributed by atoms with Crippen LogP contribution in [0.2, 0.25) is 0 Å². The zero-order chi connectivity index (χ0) is 20.1. The molecule has 2 aliphatic rings. The van der Waals surface area contributed by atoms with Crippen LogP contribution in [0, 0.1) is 5.92 Å². The molecular formula is C21H29N5O2S. The van der Waals surface area contributed by atoms with Crippen LogP contribution < -0.4 is 15.1 Å². The number of aromatic nitrogens is 2. The first-order valence-electron chi connectivity index (χ1n) is 10.5. The molecule has 8 heteroatoms. The number of hydrogen-bond acceptors (Lipinski definition) is 7. The maximum Gasteiger partial charge on any atom is 0.223 e. The van der Waals surface area contributed by atoms with E-state index in [-0.39, 0.29) is 17.9 Å². The highest BCUT2D eigenvalue weighted by molar-refractivity contribution is 7.10. The van der Waals surface area contributed by atoms with E-state index >= 15 is 0 Å². The highest BCUT2D eigenvalue weighted by Crippen LogP contribution is 2.31. The Bertz CT molecular complexity index is 786. The van der Waals surface area contributed by atoms with Gasteiger partial charge < -0.3 is 19.9 Å². The van der Waals surface area contributed by atoms with Crippen molar-refractivity contribution in [3.8, 4) is 0 Å². The van der Waals surface area contributed by atoms with Gasteiger partial charge >= 0.3 is 0 Å². The van der Waals surface area contributed by atoms with E-state index in [1.54, 1.807) is 17.7 Å². The van der Waals surface area contributed by atoms with E-state index < -0.39 is 0 Å². The molecular weight excluding hydrogens is 386 g/mol. The van der Waals surface area contributed by atoms with E-state index in [9.17, 15) is 4.79 Å². The minimum absolute atomic E-state index is 0.0664. The van der Waals surface area contributed by atoms with E-state index in [0.29, 0.717) is 0 Å². The van der Waals surface area contributed by atoms with Crippen molar-refractivity contribution < 1.29 is 9.53 Å². The minimum Gasteiger partial charge on any atom is -0.378 e. The molecule has 0 aromatic carbocycles. The second-order valence-electron chi connectivity index (χ2n) is 7.58. The van der Waals surface area contributed by atoms with Crippen LogP contribution in [0.4, 0.5) is 11.5 Å². The van der Waals surface area contributed by atoms with E-state index in [1.807, 2.05) is 12.3 Å². The van der Waals surface area contributed by atoms with E-state index in [0.717, 1.165) is 70.2 Å². The van der Waals surface area contributed by atoms with Crippen molar-refractivity contribution in [1.29, 1.82) is 0 Å². The zero-order valence-corrected chi connectivity index (χ0v) is 17.7. The molecule has 7 nitrogen and oxygen atoms in total. The van der Waals surface area contributed by atoms with Gasteiger partial charge in [-0.05, 0) is 30.7 Å². The second kappa shape index (κ2) is 9.54. The molecule has 2 aromatic heterocycles. The van der Waals surface area contributed by atoms with Gasteiger partial charge in [-0.15, -0.1) is 11.3 Å². The van der Waals surface area contributed by atoms with Crippen molar-refractivity contribution in [1.82, 2.24) is 15.3 Å². The summed E-state index contributed by atoms with van der Waals surface area (Å²) in [5, 5.41) is 5.33. The summed E-state index contributed by atoms with van der Waals surface area (Å²) in [4.78, 5) is 27.5.